The molecule has 1 amide bonds. The van der Waals surface area contributed by atoms with Crippen LogP contribution in [-0.4, -0.2) is 25.5 Å². The number of amides is 1. The molecule has 1 aliphatic rings. The second-order valence-corrected chi connectivity index (χ2v) is 5.79. The van der Waals surface area contributed by atoms with Gasteiger partial charge in [-0.3, -0.25) is 4.79 Å². The van der Waals surface area contributed by atoms with Crippen LogP contribution >= 0.6 is 0 Å². The van der Waals surface area contributed by atoms with Crippen LogP contribution < -0.4 is 16.0 Å². The molecule has 0 atom stereocenters. The monoisotopic (exact) mass is 289 g/mol. The number of aryl methyl sites for hydroxylation is 1. The van der Waals surface area contributed by atoms with Gasteiger partial charge < -0.3 is 16.0 Å². The van der Waals surface area contributed by atoms with E-state index < -0.39 is 0 Å². The van der Waals surface area contributed by atoms with Crippen molar-refractivity contribution in [1.82, 2.24) is 5.32 Å². The molecule has 4 nitrogen and oxygen atoms in total. The average Bonchev–Trinajstić information content (AvgIpc) is 2.99. The van der Waals surface area contributed by atoms with E-state index in [0.29, 0.717) is 6.42 Å². The van der Waals surface area contributed by atoms with Crippen molar-refractivity contribution in [1.29, 1.82) is 0 Å². The lowest BCUT2D eigenvalue weighted by atomic mass is 10.1. The van der Waals surface area contributed by atoms with Crippen LogP contribution in [-0.2, 0) is 11.2 Å². The van der Waals surface area contributed by atoms with Gasteiger partial charge in [-0.05, 0) is 43.4 Å². The molecule has 1 aromatic carbocycles. The second kappa shape index (κ2) is 7.91. The Morgan fingerprint density at radius 2 is 2.10 bits per heavy atom. The van der Waals surface area contributed by atoms with Crippen LogP contribution in [0.4, 0.5) is 11.4 Å². The van der Waals surface area contributed by atoms with Gasteiger partial charge in [-0.2, -0.15) is 0 Å². The SMILES string of the molecule is CCCCNC(=O)CCc1ccc(N2CCCC2)c(N)c1. The van der Waals surface area contributed by atoms with Crippen LogP contribution in [0.25, 0.3) is 0 Å². The van der Waals surface area contributed by atoms with Crippen molar-refractivity contribution in [3.05, 3.63) is 23.8 Å². The fraction of sp³-hybridized carbons (Fsp3) is 0.588. The van der Waals surface area contributed by atoms with E-state index in [4.69, 9.17) is 5.73 Å². The van der Waals surface area contributed by atoms with Crippen LogP contribution in [0.5, 0.6) is 0 Å². The first-order valence-electron chi connectivity index (χ1n) is 8.10. The number of hydrogen-bond donors (Lipinski definition) is 2. The highest BCUT2D eigenvalue weighted by molar-refractivity contribution is 5.76. The summed E-state index contributed by atoms with van der Waals surface area (Å²) in [5.41, 5.74) is 9.28. The van der Waals surface area contributed by atoms with Crippen molar-refractivity contribution in [2.24, 2.45) is 0 Å². The normalized spacial score (nSPS) is 14.4. The number of carbonyl (C=O) groups excluding carboxylic acids is 1. The summed E-state index contributed by atoms with van der Waals surface area (Å²) in [6.07, 6.45) is 5.94. The summed E-state index contributed by atoms with van der Waals surface area (Å²) in [6.45, 7) is 5.11. The number of nitrogen functional groups attached to an aromatic ring is 1. The number of nitrogens with one attached hydrogen (secondary N) is 1. The Morgan fingerprint density at radius 3 is 2.76 bits per heavy atom. The van der Waals surface area contributed by atoms with Gasteiger partial charge >= 0.3 is 0 Å². The number of nitrogens with zero attached hydrogens (tertiary/aromatic N) is 1. The molecule has 0 saturated carbocycles. The highest BCUT2D eigenvalue weighted by Crippen LogP contribution is 2.27. The predicted octanol–water partition coefficient (Wildman–Crippen LogP) is 2.72. The van der Waals surface area contributed by atoms with E-state index in [9.17, 15) is 4.79 Å². The third-order valence-corrected chi connectivity index (χ3v) is 4.03. The van der Waals surface area contributed by atoms with E-state index in [-0.39, 0.29) is 5.91 Å². The summed E-state index contributed by atoms with van der Waals surface area (Å²) in [5, 5.41) is 2.95. The molecule has 116 valence electrons. The Labute approximate surface area is 127 Å². The summed E-state index contributed by atoms with van der Waals surface area (Å²) in [5.74, 6) is 0.130. The van der Waals surface area contributed by atoms with Gasteiger partial charge in [0.05, 0.1) is 11.4 Å². The summed E-state index contributed by atoms with van der Waals surface area (Å²) < 4.78 is 0. The second-order valence-electron chi connectivity index (χ2n) is 5.79. The Morgan fingerprint density at radius 1 is 1.33 bits per heavy atom. The molecule has 0 bridgehead atoms. The maximum Gasteiger partial charge on any atom is 0.220 e. The number of anilines is 2. The molecule has 0 unspecified atom stereocenters. The van der Waals surface area contributed by atoms with Crippen molar-refractivity contribution in [2.45, 2.75) is 45.4 Å². The fourth-order valence-electron chi connectivity index (χ4n) is 2.76. The van der Waals surface area contributed by atoms with Gasteiger partial charge in [0, 0.05) is 26.1 Å². The van der Waals surface area contributed by atoms with Gasteiger partial charge in [-0.25, -0.2) is 0 Å². The minimum absolute atomic E-state index is 0.130. The molecule has 21 heavy (non-hydrogen) atoms. The fourth-order valence-corrected chi connectivity index (χ4v) is 2.76. The number of hydrogen-bond acceptors (Lipinski definition) is 3. The molecule has 2 rings (SSSR count). The first-order valence-corrected chi connectivity index (χ1v) is 8.10. The Balaban J connectivity index is 1.84. The summed E-state index contributed by atoms with van der Waals surface area (Å²) in [4.78, 5) is 14.0. The molecule has 3 N–H and O–H groups in total. The lowest BCUT2D eigenvalue weighted by molar-refractivity contribution is -0.121. The van der Waals surface area contributed by atoms with Crippen LogP contribution in [0.2, 0.25) is 0 Å². The molecular formula is C17H27N3O. The van der Waals surface area contributed by atoms with Gasteiger partial charge in [-0.1, -0.05) is 19.4 Å². The minimum atomic E-state index is 0.130. The molecule has 1 fully saturated rings. The van der Waals surface area contributed by atoms with E-state index in [1.165, 1.54) is 12.8 Å². The lowest BCUT2D eigenvalue weighted by Crippen LogP contribution is -2.24. The maximum atomic E-state index is 11.7. The van der Waals surface area contributed by atoms with Crippen molar-refractivity contribution in [2.75, 3.05) is 30.3 Å². The summed E-state index contributed by atoms with van der Waals surface area (Å²) in [6, 6.07) is 6.22. The summed E-state index contributed by atoms with van der Waals surface area (Å²) >= 11 is 0. The molecule has 1 heterocycles. The van der Waals surface area contributed by atoms with Crippen molar-refractivity contribution >= 4 is 17.3 Å². The van der Waals surface area contributed by atoms with Crippen LogP contribution in [0.1, 0.15) is 44.6 Å². The average molecular weight is 289 g/mol. The molecule has 0 radical (unpaired) electrons. The highest BCUT2D eigenvalue weighted by atomic mass is 16.1. The molecule has 0 aromatic heterocycles. The third-order valence-electron chi connectivity index (χ3n) is 4.03. The quantitative estimate of drug-likeness (QED) is 0.599. The van der Waals surface area contributed by atoms with E-state index in [1.54, 1.807) is 0 Å². The van der Waals surface area contributed by atoms with E-state index in [2.05, 4.69) is 29.3 Å². The Bertz CT molecular complexity index is 467. The lowest BCUT2D eigenvalue weighted by Gasteiger charge is -2.20. The molecule has 1 aromatic rings. The number of benzene rings is 1. The van der Waals surface area contributed by atoms with Crippen molar-refractivity contribution in [3.63, 3.8) is 0 Å². The van der Waals surface area contributed by atoms with Gasteiger partial charge in [0.2, 0.25) is 5.91 Å². The Kier molecular flexibility index (Phi) is 5.90. The van der Waals surface area contributed by atoms with E-state index in [1.807, 2.05) is 6.07 Å². The highest BCUT2D eigenvalue weighted by Gasteiger charge is 2.14. The summed E-state index contributed by atoms with van der Waals surface area (Å²) in [7, 11) is 0. The zero-order valence-electron chi connectivity index (χ0n) is 13.0. The standard InChI is InChI=1S/C17H27N3O/c1-2-3-10-19-17(21)9-7-14-6-8-16(15(18)13-14)20-11-4-5-12-20/h6,8,13H,2-5,7,9-12,18H2,1H3,(H,19,21). The molecule has 0 aliphatic carbocycles. The third kappa shape index (κ3) is 4.66. The van der Waals surface area contributed by atoms with Crippen LogP contribution in [0.3, 0.4) is 0 Å². The van der Waals surface area contributed by atoms with E-state index in [0.717, 1.165) is 55.8 Å². The minimum Gasteiger partial charge on any atom is -0.397 e. The van der Waals surface area contributed by atoms with Gasteiger partial charge in [0.1, 0.15) is 0 Å². The first-order chi connectivity index (χ1) is 10.2. The number of carbonyl (C=O) groups is 1. The molecule has 1 saturated heterocycles. The number of nitrogens with two attached hydrogens (primary N) is 1. The maximum absolute atomic E-state index is 11.7. The molecular weight excluding hydrogens is 262 g/mol. The predicted molar refractivity (Wildman–Crippen MR) is 88.5 cm³/mol. The molecule has 1 aliphatic heterocycles. The zero-order chi connectivity index (χ0) is 15.1. The van der Waals surface area contributed by atoms with Gasteiger partial charge in [0.15, 0.2) is 0 Å². The smallest absolute Gasteiger partial charge is 0.220 e. The zero-order valence-corrected chi connectivity index (χ0v) is 13.0. The van der Waals surface area contributed by atoms with E-state index >= 15 is 0 Å². The van der Waals surface area contributed by atoms with Crippen molar-refractivity contribution in [3.8, 4) is 0 Å². The largest absolute Gasteiger partial charge is 0.397 e. The molecule has 0 spiro atoms. The van der Waals surface area contributed by atoms with Gasteiger partial charge in [-0.15, -0.1) is 0 Å². The number of rotatable bonds is 7. The van der Waals surface area contributed by atoms with Gasteiger partial charge in [0.25, 0.3) is 0 Å². The molecule has 4 heteroatoms. The topological polar surface area (TPSA) is 58.4 Å². The van der Waals surface area contributed by atoms with Crippen LogP contribution in [0.15, 0.2) is 18.2 Å². The van der Waals surface area contributed by atoms with Crippen molar-refractivity contribution < 1.29 is 4.79 Å². The van der Waals surface area contributed by atoms with Crippen LogP contribution in [0, 0.1) is 0 Å². The first kappa shape index (κ1) is 15.7. The number of unbranched alkanes of at least 4 members (excludes halogenated alkanes) is 1. The Hall–Kier alpha value is -1.71.